The predicted molar refractivity (Wildman–Crippen MR) is 116 cm³/mol. The molecule has 176 valence electrons. The van der Waals surface area contributed by atoms with Crippen molar-refractivity contribution in [2.45, 2.75) is 45.7 Å². The lowest BCUT2D eigenvalue weighted by Crippen LogP contribution is -2.38. The van der Waals surface area contributed by atoms with E-state index in [1.807, 2.05) is 37.8 Å². The fraction of sp³-hybridized carbons (Fsp3) is 0.545. The van der Waals surface area contributed by atoms with Gasteiger partial charge < -0.3 is 9.64 Å². The van der Waals surface area contributed by atoms with Gasteiger partial charge in [0.25, 0.3) is 0 Å². The zero-order valence-electron chi connectivity index (χ0n) is 18.8. The largest absolute Gasteiger partial charge is 0.391 e. The molecule has 1 saturated heterocycles. The molecule has 0 N–H and O–H groups in total. The highest BCUT2D eigenvalue weighted by molar-refractivity contribution is 5.75. The van der Waals surface area contributed by atoms with Crippen LogP contribution >= 0.6 is 0 Å². The molecule has 0 bridgehead atoms. The van der Waals surface area contributed by atoms with Gasteiger partial charge in [-0.1, -0.05) is 0 Å². The van der Waals surface area contributed by atoms with Gasteiger partial charge in [-0.05, 0) is 45.7 Å². The number of ether oxygens (including phenoxy) is 1. The zero-order chi connectivity index (χ0) is 23.6. The van der Waals surface area contributed by atoms with Crippen molar-refractivity contribution < 1.29 is 17.9 Å². The summed E-state index contributed by atoms with van der Waals surface area (Å²) in [5.41, 5.74) is 4.03. The summed E-state index contributed by atoms with van der Waals surface area (Å²) in [7, 11) is 0. The summed E-state index contributed by atoms with van der Waals surface area (Å²) in [5.74, 6) is -1.02. The van der Waals surface area contributed by atoms with E-state index in [1.54, 1.807) is 6.20 Å². The third-order valence-corrected chi connectivity index (χ3v) is 5.94. The van der Waals surface area contributed by atoms with Gasteiger partial charge in [0, 0.05) is 25.2 Å². The Morgan fingerprint density at radius 3 is 2.24 bits per heavy atom. The first-order valence-electron chi connectivity index (χ1n) is 10.9. The van der Waals surface area contributed by atoms with Crippen LogP contribution in [-0.2, 0) is 4.74 Å². The molecule has 0 amide bonds. The molecule has 0 unspecified atom stereocenters. The lowest BCUT2D eigenvalue weighted by molar-refractivity contribution is -0.197. The Bertz CT molecular complexity index is 1100. The van der Waals surface area contributed by atoms with Gasteiger partial charge in [0.2, 0.25) is 5.95 Å². The summed E-state index contributed by atoms with van der Waals surface area (Å²) >= 11 is 0. The topological polar surface area (TPSA) is 89.8 Å². The van der Waals surface area contributed by atoms with Gasteiger partial charge in [0.15, 0.2) is 5.65 Å². The van der Waals surface area contributed by atoms with Crippen LogP contribution in [0.4, 0.5) is 19.1 Å². The molecule has 1 saturated carbocycles. The van der Waals surface area contributed by atoms with Crippen LogP contribution in [0.15, 0.2) is 18.3 Å². The van der Waals surface area contributed by atoms with E-state index in [0.29, 0.717) is 49.1 Å². The highest BCUT2D eigenvalue weighted by Gasteiger charge is 2.49. The molecule has 5 rings (SSSR count). The van der Waals surface area contributed by atoms with E-state index in [2.05, 4.69) is 30.1 Å². The molecule has 0 atom stereocenters. The maximum Gasteiger partial charge on any atom is 0.391 e. The molecule has 2 fully saturated rings. The quantitative estimate of drug-likeness (QED) is 0.571. The number of anilines is 1. The van der Waals surface area contributed by atoms with Crippen molar-refractivity contribution in [3.63, 3.8) is 0 Å². The second-order valence-corrected chi connectivity index (χ2v) is 8.35. The number of hydrogen-bond acceptors (Lipinski definition) is 8. The van der Waals surface area contributed by atoms with E-state index in [9.17, 15) is 13.2 Å². The number of aromatic nitrogens is 6. The van der Waals surface area contributed by atoms with Crippen LogP contribution in [-0.4, -0.2) is 62.6 Å². The Labute approximate surface area is 189 Å². The normalized spacial score (nSPS) is 20.7. The molecule has 0 aromatic carbocycles. The second kappa shape index (κ2) is 9.50. The van der Waals surface area contributed by atoms with Gasteiger partial charge in [0.1, 0.15) is 5.52 Å². The minimum absolute atomic E-state index is 0.0484. The van der Waals surface area contributed by atoms with Crippen LogP contribution in [0.5, 0.6) is 0 Å². The minimum atomic E-state index is -4.15. The first kappa shape index (κ1) is 23.2. The molecule has 1 aliphatic heterocycles. The third kappa shape index (κ3) is 5.35. The highest BCUT2D eigenvalue weighted by Crippen LogP contribution is 2.50. The Hall–Kier alpha value is -2.95. The van der Waals surface area contributed by atoms with Crippen molar-refractivity contribution in [3.05, 3.63) is 41.1 Å². The third-order valence-electron chi connectivity index (χ3n) is 5.94. The monoisotopic (exact) mass is 461 g/mol. The van der Waals surface area contributed by atoms with Crippen molar-refractivity contribution in [1.82, 2.24) is 30.1 Å². The van der Waals surface area contributed by atoms with E-state index in [4.69, 9.17) is 4.74 Å². The van der Waals surface area contributed by atoms with Crippen molar-refractivity contribution in [2.75, 3.05) is 31.2 Å². The predicted octanol–water partition coefficient (Wildman–Crippen LogP) is 3.71. The smallest absolute Gasteiger partial charge is 0.378 e. The molecular formula is C22H26F3N7O. The summed E-state index contributed by atoms with van der Waals surface area (Å²) in [6, 6.07) is 3.77. The number of morpholine rings is 1. The number of fused-ring (bicyclic) bond motifs is 1. The van der Waals surface area contributed by atoms with E-state index in [1.165, 1.54) is 0 Å². The average Bonchev–Trinajstić information content (AvgIpc) is 2.74. The van der Waals surface area contributed by atoms with Crippen LogP contribution in [0.3, 0.4) is 0 Å². The van der Waals surface area contributed by atoms with Crippen LogP contribution in [0, 0.1) is 26.7 Å². The molecule has 3 aromatic rings. The SMILES string of the molecule is Cc1cccnn1.Cc1nc2nc(N3CCOCC3)nc(C3CC(C(F)(F)F)C3)c2nc1C. The lowest BCUT2D eigenvalue weighted by Gasteiger charge is -2.36. The number of alkyl halides is 3. The van der Waals surface area contributed by atoms with E-state index < -0.39 is 12.1 Å². The first-order chi connectivity index (χ1) is 15.7. The Balaban J connectivity index is 0.000000318. The first-order valence-corrected chi connectivity index (χ1v) is 10.9. The zero-order valence-corrected chi connectivity index (χ0v) is 18.8. The van der Waals surface area contributed by atoms with Crippen molar-refractivity contribution in [1.29, 1.82) is 0 Å². The molecule has 8 nitrogen and oxygen atoms in total. The Morgan fingerprint density at radius 1 is 0.970 bits per heavy atom. The standard InChI is InChI=1S/C17H20F3N5O.C5H6N2/c1-9-10(2)22-15-14(21-9)13(11-7-12(8-11)17(18,19)20)23-16(24-15)25-3-5-26-6-4-25;1-5-3-2-4-6-7-5/h11-12H,3-8H2,1-2H3;2-4H,1H3. The number of hydrogen-bond donors (Lipinski definition) is 0. The van der Waals surface area contributed by atoms with Gasteiger partial charge in [-0.15, -0.1) is 0 Å². The fourth-order valence-electron chi connectivity index (χ4n) is 3.80. The summed E-state index contributed by atoms with van der Waals surface area (Å²) < 4.78 is 44.1. The van der Waals surface area contributed by atoms with Gasteiger partial charge in [-0.2, -0.15) is 28.4 Å². The highest BCUT2D eigenvalue weighted by atomic mass is 19.4. The van der Waals surface area contributed by atoms with E-state index in [0.717, 1.165) is 17.1 Å². The molecule has 33 heavy (non-hydrogen) atoms. The van der Waals surface area contributed by atoms with Crippen LogP contribution in [0.2, 0.25) is 0 Å². The Morgan fingerprint density at radius 2 is 1.67 bits per heavy atom. The van der Waals surface area contributed by atoms with E-state index in [-0.39, 0.29) is 18.8 Å². The Kier molecular flexibility index (Phi) is 6.68. The van der Waals surface area contributed by atoms with Gasteiger partial charge in [-0.25, -0.2) is 15.0 Å². The maximum atomic E-state index is 12.9. The number of halogens is 3. The van der Waals surface area contributed by atoms with Crippen LogP contribution < -0.4 is 4.90 Å². The fourth-order valence-corrected chi connectivity index (χ4v) is 3.80. The van der Waals surface area contributed by atoms with Gasteiger partial charge in [0.05, 0.1) is 41.9 Å². The van der Waals surface area contributed by atoms with E-state index >= 15 is 0 Å². The van der Waals surface area contributed by atoms with Gasteiger partial charge in [-0.3, -0.25) is 0 Å². The van der Waals surface area contributed by atoms with Crippen molar-refractivity contribution in [3.8, 4) is 0 Å². The summed E-state index contributed by atoms with van der Waals surface area (Å²) in [6.45, 7) is 8.05. The molecule has 0 radical (unpaired) electrons. The average molecular weight is 461 g/mol. The summed E-state index contributed by atoms with van der Waals surface area (Å²) in [5, 5.41) is 7.36. The van der Waals surface area contributed by atoms with Crippen molar-refractivity contribution >= 4 is 17.1 Å². The molecular weight excluding hydrogens is 435 g/mol. The summed E-state index contributed by atoms with van der Waals surface area (Å²) in [6.07, 6.45) is -2.39. The summed E-state index contributed by atoms with van der Waals surface area (Å²) in [4.78, 5) is 20.2. The van der Waals surface area contributed by atoms with Gasteiger partial charge >= 0.3 is 6.18 Å². The molecule has 3 aromatic heterocycles. The number of aryl methyl sites for hydroxylation is 3. The molecule has 4 heterocycles. The number of rotatable bonds is 2. The molecule has 2 aliphatic rings. The number of nitrogens with zero attached hydrogens (tertiary/aromatic N) is 7. The minimum Gasteiger partial charge on any atom is -0.378 e. The molecule has 1 aliphatic carbocycles. The van der Waals surface area contributed by atoms with Crippen LogP contribution in [0.25, 0.3) is 11.2 Å². The molecule has 0 spiro atoms. The molecule has 11 heteroatoms. The maximum absolute atomic E-state index is 12.9. The van der Waals surface area contributed by atoms with Crippen LogP contribution in [0.1, 0.15) is 41.5 Å². The second-order valence-electron chi connectivity index (χ2n) is 8.35. The lowest BCUT2D eigenvalue weighted by atomic mass is 9.72. The van der Waals surface area contributed by atoms with Crippen molar-refractivity contribution in [2.24, 2.45) is 5.92 Å².